The molecule has 1 aliphatic rings. The smallest absolute Gasteiger partial charge is 0.191 e. The zero-order chi connectivity index (χ0) is 17.2. The highest BCUT2D eigenvalue weighted by Gasteiger charge is 2.10. The van der Waals surface area contributed by atoms with Crippen molar-refractivity contribution in [2.24, 2.45) is 4.99 Å². The van der Waals surface area contributed by atoms with E-state index in [1.165, 1.54) is 61.3 Å². The first-order valence-corrected chi connectivity index (χ1v) is 10.3. The lowest BCUT2D eigenvalue weighted by Crippen LogP contribution is -2.37. The first kappa shape index (κ1) is 22.6. The Hall–Kier alpha value is -0.470. The average molecular weight is 476 g/mol. The van der Waals surface area contributed by atoms with E-state index in [0.717, 1.165) is 19.0 Å². The van der Waals surface area contributed by atoms with Gasteiger partial charge >= 0.3 is 0 Å². The molecule has 0 unspecified atom stereocenters. The fourth-order valence-electron chi connectivity index (χ4n) is 3.07. The van der Waals surface area contributed by atoms with Crippen LogP contribution in [-0.4, -0.2) is 50.3 Å². The highest BCUT2D eigenvalue weighted by atomic mass is 127. The van der Waals surface area contributed by atoms with Gasteiger partial charge in [-0.05, 0) is 75.7 Å². The minimum atomic E-state index is 0. The summed E-state index contributed by atoms with van der Waals surface area (Å²) in [4.78, 5) is 8.24. The van der Waals surface area contributed by atoms with Crippen molar-refractivity contribution in [2.75, 3.05) is 39.5 Å². The summed E-state index contributed by atoms with van der Waals surface area (Å²) in [5, 5.41) is 6.85. The predicted octanol–water partition coefficient (Wildman–Crippen LogP) is 3.88. The van der Waals surface area contributed by atoms with E-state index in [1.807, 2.05) is 7.05 Å². The van der Waals surface area contributed by atoms with Gasteiger partial charge in [0.2, 0.25) is 0 Å². The molecule has 0 bridgehead atoms. The maximum absolute atomic E-state index is 4.33. The molecule has 1 saturated heterocycles. The van der Waals surface area contributed by atoms with Crippen LogP contribution in [-0.2, 0) is 6.54 Å². The van der Waals surface area contributed by atoms with E-state index < -0.39 is 0 Å². The van der Waals surface area contributed by atoms with Gasteiger partial charge in [0.1, 0.15) is 0 Å². The molecule has 1 heterocycles. The first-order valence-electron chi connectivity index (χ1n) is 9.03. The van der Waals surface area contributed by atoms with E-state index in [4.69, 9.17) is 0 Å². The molecule has 1 aliphatic heterocycles. The van der Waals surface area contributed by atoms with Gasteiger partial charge in [0.05, 0.1) is 0 Å². The molecular weight excluding hydrogens is 443 g/mol. The minimum absolute atomic E-state index is 0. The highest BCUT2D eigenvalue weighted by Crippen LogP contribution is 2.21. The Bertz CT molecular complexity index is 530. The van der Waals surface area contributed by atoms with Gasteiger partial charge in [-0.25, -0.2) is 0 Å². The third-order valence-corrected chi connectivity index (χ3v) is 5.32. The second kappa shape index (κ2) is 12.8. The number of likely N-dealkylation sites (tertiary alicyclic amines) is 1. The molecule has 4 nitrogen and oxygen atoms in total. The van der Waals surface area contributed by atoms with E-state index >= 15 is 0 Å². The van der Waals surface area contributed by atoms with E-state index in [-0.39, 0.29) is 24.0 Å². The number of aryl methyl sites for hydroxylation is 1. The molecular formula is C19H33IN4S. The quantitative estimate of drug-likeness (QED) is 0.197. The molecule has 2 rings (SSSR count). The summed E-state index contributed by atoms with van der Waals surface area (Å²) < 4.78 is 0. The van der Waals surface area contributed by atoms with Crippen molar-refractivity contribution in [1.29, 1.82) is 0 Å². The predicted molar refractivity (Wildman–Crippen MR) is 121 cm³/mol. The topological polar surface area (TPSA) is 39.7 Å². The third-order valence-electron chi connectivity index (χ3n) is 4.50. The van der Waals surface area contributed by atoms with Crippen molar-refractivity contribution in [1.82, 2.24) is 15.5 Å². The first-order chi connectivity index (χ1) is 11.7. The number of rotatable bonds is 8. The summed E-state index contributed by atoms with van der Waals surface area (Å²) in [6.45, 7) is 7.77. The van der Waals surface area contributed by atoms with Crippen molar-refractivity contribution in [3.63, 3.8) is 0 Å². The molecule has 142 valence electrons. The van der Waals surface area contributed by atoms with E-state index in [1.54, 1.807) is 11.8 Å². The molecule has 1 fully saturated rings. The Morgan fingerprint density at radius 2 is 1.96 bits per heavy atom. The number of halogens is 1. The van der Waals surface area contributed by atoms with Crippen LogP contribution in [0.15, 0.2) is 28.1 Å². The zero-order valence-corrected chi connectivity index (χ0v) is 19.0. The summed E-state index contributed by atoms with van der Waals surface area (Å²) in [5.41, 5.74) is 2.63. The summed E-state index contributed by atoms with van der Waals surface area (Å²) in [6, 6.07) is 6.62. The Labute approximate surface area is 174 Å². The molecule has 1 aromatic carbocycles. The lowest BCUT2D eigenvalue weighted by Gasteiger charge is -2.16. The highest BCUT2D eigenvalue weighted by molar-refractivity contribution is 14.0. The van der Waals surface area contributed by atoms with Gasteiger partial charge in [0.25, 0.3) is 0 Å². The molecule has 6 heteroatoms. The van der Waals surface area contributed by atoms with Gasteiger partial charge in [0, 0.05) is 25.0 Å². The zero-order valence-electron chi connectivity index (χ0n) is 15.8. The lowest BCUT2D eigenvalue weighted by molar-refractivity contribution is 0.330. The number of nitrogens with zero attached hydrogens (tertiary/aromatic N) is 2. The SMILES string of the molecule is CN=C(NCCCCN1CCCC1)NCc1ccc(C)cc1SC.I. The second-order valence-corrected chi connectivity index (χ2v) is 7.27. The fraction of sp³-hybridized carbons (Fsp3) is 0.632. The van der Waals surface area contributed by atoms with Crippen molar-refractivity contribution < 1.29 is 0 Å². The van der Waals surface area contributed by atoms with Gasteiger partial charge in [-0.1, -0.05) is 12.1 Å². The number of benzene rings is 1. The van der Waals surface area contributed by atoms with Crippen LogP contribution in [0.5, 0.6) is 0 Å². The number of thioether (sulfide) groups is 1. The number of hydrogen-bond acceptors (Lipinski definition) is 3. The maximum atomic E-state index is 4.33. The number of unbranched alkanes of at least 4 members (excludes halogenated alkanes) is 1. The molecule has 1 aromatic rings. The summed E-state index contributed by atoms with van der Waals surface area (Å²) >= 11 is 1.80. The van der Waals surface area contributed by atoms with E-state index in [9.17, 15) is 0 Å². The van der Waals surface area contributed by atoms with E-state index in [2.05, 4.69) is 51.9 Å². The number of guanidine groups is 1. The minimum Gasteiger partial charge on any atom is -0.356 e. The second-order valence-electron chi connectivity index (χ2n) is 6.42. The molecule has 2 N–H and O–H groups in total. The largest absolute Gasteiger partial charge is 0.356 e. The van der Waals surface area contributed by atoms with Crippen LogP contribution in [0.2, 0.25) is 0 Å². The van der Waals surface area contributed by atoms with Gasteiger partial charge < -0.3 is 15.5 Å². The molecule has 0 saturated carbocycles. The van der Waals surface area contributed by atoms with Crippen molar-refractivity contribution in [3.8, 4) is 0 Å². The van der Waals surface area contributed by atoms with Crippen LogP contribution in [0.25, 0.3) is 0 Å². The average Bonchev–Trinajstić information content (AvgIpc) is 3.11. The molecule has 0 amide bonds. The van der Waals surface area contributed by atoms with Gasteiger partial charge in [-0.2, -0.15) is 0 Å². The van der Waals surface area contributed by atoms with Gasteiger partial charge in [-0.3, -0.25) is 4.99 Å². The van der Waals surface area contributed by atoms with E-state index in [0.29, 0.717) is 0 Å². The molecule has 0 aliphatic carbocycles. The van der Waals surface area contributed by atoms with Gasteiger partial charge in [-0.15, -0.1) is 35.7 Å². The van der Waals surface area contributed by atoms with Crippen LogP contribution < -0.4 is 10.6 Å². The fourth-order valence-corrected chi connectivity index (χ4v) is 3.78. The Morgan fingerprint density at radius 1 is 1.20 bits per heavy atom. The summed E-state index contributed by atoms with van der Waals surface area (Å²) in [7, 11) is 1.84. The third kappa shape index (κ3) is 8.17. The molecule has 25 heavy (non-hydrogen) atoms. The summed E-state index contributed by atoms with van der Waals surface area (Å²) in [5.74, 6) is 0.892. The maximum Gasteiger partial charge on any atom is 0.191 e. The number of hydrogen-bond donors (Lipinski definition) is 2. The standard InChI is InChI=1S/C19H32N4S.HI/c1-16-8-9-17(18(14-16)24-3)15-22-19(20-2)21-10-4-5-11-23-12-6-7-13-23;/h8-9,14H,4-7,10-13,15H2,1-3H3,(H2,20,21,22);1H. The Balaban J connectivity index is 0.00000312. The van der Waals surface area contributed by atoms with Crippen LogP contribution in [0.4, 0.5) is 0 Å². The molecule has 0 aromatic heterocycles. The summed E-state index contributed by atoms with van der Waals surface area (Å²) in [6.07, 6.45) is 7.35. The van der Waals surface area contributed by atoms with Crippen molar-refractivity contribution >= 4 is 41.7 Å². The van der Waals surface area contributed by atoms with Crippen molar-refractivity contribution in [2.45, 2.75) is 44.0 Å². The lowest BCUT2D eigenvalue weighted by atomic mass is 10.1. The van der Waals surface area contributed by atoms with Crippen LogP contribution >= 0.6 is 35.7 Å². The molecule has 0 spiro atoms. The number of nitrogens with one attached hydrogen (secondary N) is 2. The number of aliphatic imine (C=N–C) groups is 1. The Kier molecular flexibility index (Phi) is 11.6. The normalized spacial score (nSPS) is 15.1. The van der Waals surface area contributed by atoms with Gasteiger partial charge in [0.15, 0.2) is 5.96 Å². The van der Waals surface area contributed by atoms with Crippen LogP contribution in [0.1, 0.15) is 36.8 Å². The van der Waals surface area contributed by atoms with Crippen LogP contribution in [0, 0.1) is 6.92 Å². The van der Waals surface area contributed by atoms with Crippen LogP contribution in [0.3, 0.4) is 0 Å². The molecule has 0 radical (unpaired) electrons. The molecule has 0 atom stereocenters. The van der Waals surface area contributed by atoms with Crippen molar-refractivity contribution in [3.05, 3.63) is 29.3 Å². The monoisotopic (exact) mass is 476 g/mol. The Morgan fingerprint density at radius 3 is 2.64 bits per heavy atom.